The lowest BCUT2D eigenvalue weighted by molar-refractivity contribution is -0.139. The van der Waals surface area contributed by atoms with Gasteiger partial charge in [0.2, 0.25) is 0 Å². The fourth-order valence-electron chi connectivity index (χ4n) is 4.14. The van der Waals surface area contributed by atoms with Crippen LogP contribution in [0.25, 0.3) is 6.08 Å². The first-order chi connectivity index (χ1) is 18.3. The van der Waals surface area contributed by atoms with Crippen LogP contribution in [-0.4, -0.2) is 29.7 Å². The molecule has 8 nitrogen and oxygen atoms in total. The molecule has 0 fully saturated rings. The van der Waals surface area contributed by atoms with Crippen molar-refractivity contribution in [3.05, 3.63) is 90.6 Å². The van der Waals surface area contributed by atoms with Crippen LogP contribution in [0.2, 0.25) is 0 Å². The van der Waals surface area contributed by atoms with Gasteiger partial charge in [-0.25, -0.2) is 9.79 Å². The van der Waals surface area contributed by atoms with Crippen LogP contribution < -0.4 is 24.4 Å². The van der Waals surface area contributed by atoms with Crippen LogP contribution in [0.4, 0.5) is 0 Å². The summed E-state index contributed by atoms with van der Waals surface area (Å²) < 4.78 is 18.2. The Bertz CT molecular complexity index is 1530. The second kappa shape index (κ2) is 12.0. The number of unbranched alkanes of at least 4 members (excludes halogenated alkanes) is 1. The summed E-state index contributed by atoms with van der Waals surface area (Å²) in [6, 6.07) is 13.6. The molecule has 2 aromatic carbocycles. The van der Waals surface area contributed by atoms with Gasteiger partial charge in [-0.15, -0.1) is 0 Å². The van der Waals surface area contributed by atoms with Gasteiger partial charge in [-0.05, 0) is 61.7 Å². The Morgan fingerprint density at radius 2 is 1.74 bits per heavy atom. The number of rotatable bonds is 9. The van der Waals surface area contributed by atoms with E-state index in [0.717, 1.165) is 24.2 Å². The van der Waals surface area contributed by atoms with Crippen molar-refractivity contribution in [3.8, 4) is 11.5 Å². The van der Waals surface area contributed by atoms with Crippen molar-refractivity contribution < 1.29 is 23.8 Å². The third kappa shape index (κ3) is 5.94. The molecule has 0 radical (unpaired) electrons. The standard InChI is InChI=1S/C29H30N2O6S/c1-5-7-16-36-22-12-8-20(9-13-22)17-24-27(33)31-26(21-10-14-23(15-11-21)37-19(4)32)25(28(34)35-6-2)18(3)30-29(31)38-24/h8-15,17,26H,5-7,16H2,1-4H3/b24-17+. The first kappa shape index (κ1) is 27.1. The number of carbonyl (C=O) groups is 2. The van der Waals surface area contributed by atoms with E-state index < -0.39 is 18.0 Å². The Morgan fingerprint density at radius 3 is 2.37 bits per heavy atom. The zero-order valence-electron chi connectivity index (χ0n) is 21.9. The quantitative estimate of drug-likeness (QED) is 0.235. The van der Waals surface area contributed by atoms with Gasteiger partial charge >= 0.3 is 11.9 Å². The number of ether oxygens (including phenoxy) is 3. The monoisotopic (exact) mass is 534 g/mol. The van der Waals surface area contributed by atoms with E-state index in [1.807, 2.05) is 30.3 Å². The molecule has 1 aliphatic rings. The number of esters is 2. The third-order valence-corrected chi connectivity index (χ3v) is 6.90. The molecule has 3 aromatic rings. The van der Waals surface area contributed by atoms with E-state index in [9.17, 15) is 14.4 Å². The fraction of sp³-hybridized carbons (Fsp3) is 0.310. The number of hydrogen-bond acceptors (Lipinski definition) is 8. The lowest BCUT2D eigenvalue weighted by Gasteiger charge is -2.24. The Labute approximate surface area is 224 Å². The molecule has 0 saturated heterocycles. The third-order valence-electron chi connectivity index (χ3n) is 5.92. The summed E-state index contributed by atoms with van der Waals surface area (Å²) in [4.78, 5) is 43.1. The van der Waals surface area contributed by atoms with Gasteiger partial charge in [-0.2, -0.15) is 0 Å². The van der Waals surface area contributed by atoms with Crippen LogP contribution in [0, 0.1) is 0 Å². The molecule has 0 bridgehead atoms. The highest BCUT2D eigenvalue weighted by Crippen LogP contribution is 2.31. The van der Waals surface area contributed by atoms with Crippen LogP contribution in [0.5, 0.6) is 11.5 Å². The highest BCUT2D eigenvalue weighted by Gasteiger charge is 2.33. The summed E-state index contributed by atoms with van der Waals surface area (Å²) in [5.41, 5.74) is 2.03. The number of carbonyl (C=O) groups excluding carboxylic acids is 2. The molecule has 0 amide bonds. The van der Waals surface area contributed by atoms with E-state index in [4.69, 9.17) is 14.2 Å². The van der Waals surface area contributed by atoms with E-state index in [1.54, 1.807) is 38.1 Å². The number of fused-ring (bicyclic) bond motifs is 1. The van der Waals surface area contributed by atoms with Crippen LogP contribution in [-0.2, 0) is 14.3 Å². The lowest BCUT2D eigenvalue weighted by atomic mass is 9.96. The average molecular weight is 535 g/mol. The van der Waals surface area contributed by atoms with E-state index >= 15 is 0 Å². The average Bonchev–Trinajstić information content (AvgIpc) is 3.19. The van der Waals surface area contributed by atoms with Gasteiger partial charge in [-0.1, -0.05) is 48.9 Å². The van der Waals surface area contributed by atoms with Crippen molar-refractivity contribution in [2.75, 3.05) is 13.2 Å². The van der Waals surface area contributed by atoms with Gasteiger partial charge in [0, 0.05) is 6.92 Å². The SMILES string of the molecule is CCCCOc1ccc(/C=c2/sc3n(c2=O)C(c2ccc(OC(C)=O)cc2)C(C(=O)OCC)=C(C)N=3)cc1. The molecule has 198 valence electrons. The highest BCUT2D eigenvalue weighted by atomic mass is 32.1. The first-order valence-corrected chi connectivity index (χ1v) is 13.3. The van der Waals surface area contributed by atoms with E-state index in [-0.39, 0.29) is 12.2 Å². The van der Waals surface area contributed by atoms with Crippen molar-refractivity contribution in [3.63, 3.8) is 0 Å². The Kier molecular flexibility index (Phi) is 8.58. The molecular weight excluding hydrogens is 504 g/mol. The van der Waals surface area contributed by atoms with Crippen molar-refractivity contribution in [1.82, 2.24) is 4.57 Å². The largest absolute Gasteiger partial charge is 0.494 e. The second-order valence-electron chi connectivity index (χ2n) is 8.74. The number of allylic oxidation sites excluding steroid dienone is 1. The smallest absolute Gasteiger partial charge is 0.338 e. The molecule has 0 aliphatic carbocycles. The molecule has 2 heterocycles. The summed E-state index contributed by atoms with van der Waals surface area (Å²) in [7, 11) is 0. The molecule has 1 aromatic heterocycles. The number of thiazole rings is 1. The molecule has 0 spiro atoms. The van der Waals surface area contributed by atoms with E-state index in [1.165, 1.54) is 22.8 Å². The summed E-state index contributed by atoms with van der Waals surface area (Å²) in [5.74, 6) is 0.183. The second-order valence-corrected chi connectivity index (χ2v) is 9.75. The van der Waals surface area contributed by atoms with Gasteiger partial charge in [0.25, 0.3) is 5.56 Å². The van der Waals surface area contributed by atoms with E-state index in [0.29, 0.717) is 38.5 Å². The fourth-order valence-corrected chi connectivity index (χ4v) is 5.18. The minimum absolute atomic E-state index is 0.191. The van der Waals surface area contributed by atoms with Crippen LogP contribution >= 0.6 is 11.3 Å². The summed E-state index contributed by atoms with van der Waals surface area (Å²) in [5, 5.41) is 0. The van der Waals surface area contributed by atoms with Gasteiger partial charge in [0.15, 0.2) is 4.80 Å². The first-order valence-electron chi connectivity index (χ1n) is 12.5. The summed E-state index contributed by atoms with van der Waals surface area (Å²) in [6.07, 6.45) is 3.86. The predicted octanol–water partition coefficient (Wildman–Crippen LogP) is 3.90. The molecule has 38 heavy (non-hydrogen) atoms. The van der Waals surface area contributed by atoms with Crippen LogP contribution in [0.3, 0.4) is 0 Å². The number of hydrogen-bond donors (Lipinski definition) is 0. The number of benzene rings is 2. The minimum atomic E-state index is -0.742. The zero-order chi connectivity index (χ0) is 27.2. The maximum absolute atomic E-state index is 13.7. The van der Waals surface area contributed by atoms with Gasteiger partial charge < -0.3 is 14.2 Å². The molecule has 9 heteroatoms. The molecule has 0 saturated carbocycles. The van der Waals surface area contributed by atoms with Crippen LogP contribution in [0.1, 0.15) is 57.7 Å². The van der Waals surface area contributed by atoms with Gasteiger partial charge in [-0.3, -0.25) is 14.2 Å². The highest BCUT2D eigenvalue weighted by molar-refractivity contribution is 7.07. The van der Waals surface area contributed by atoms with Crippen molar-refractivity contribution in [2.45, 2.75) is 46.6 Å². The maximum Gasteiger partial charge on any atom is 0.338 e. The minimum Gasteiger partial charge on any atom is -0.494 e. The Balaban J connectivity index is 1.78. The summed E-state index contributed by atoms with van der Waals surface area (Å²) in [6.45, 7) is 7.76. The molecule has 1 aliphatic heterocycles. The maximum atomic E-state index is 13.7. The summed E-state index contributed by atoms with van der Waals surface area (Å²) >= 11 is 1.26. The molecule has 1 atom stereocenters. The Hall–Kier alpha value is -3.98. The zero-order valence-corrected chi connectivity index (χ0v) is 22.7. The van der Waals surface area contributed by atoms with Gasteiger partial charge in [0.1, 0.15) is 11.5 Å². The molecule has 1 unspecified atom stereocenters. The van der Waals surface area contributed by atoms with E-state index in [2.05, 4.69) is 11.9 Å². The normalized spacial score (nSPS) is 15.1. The van der Waals surface area contributed by atoms with Crippen molar-refractivity contribution >= 4 is 29.4 Å². The molecule has 0 N–H and O–H groups in total. The lowest BCUT2D eigenvalue weighted by Crippen LogP contribution is -2.39. The number of aromatic nitrogens is 1. The van der Waals surface area contributed by atoms with Crippen molar-refractivity contribution in [1.29, 1.82) is 0 Å². The predicted molar refractivity (Wildman–Crippen MR) is 145 cm³/mol. The van der Waals surface area contributed by atoms with Gasteiger partial charge in [0.05, 0.1) is 35.1 Å². The van der Waals surface area contributed by atoms with Crippen molar-refractivity contribution in [2.24, 2.45) is 4.99 Å². The molecular formula is C29H30N2O6S. The van der Waals surface area contributed by atoms with Crippen LogP contribution in [0.15, 0.2) is 69.6 Å². The molecule has 4 rings (SSSR count). The number of nitrogens with zero attached hydrogens (tertiary/aromatic N) is 2. The Morgan fingerprint density at radius 1 is 1.05 bits per heavy atom. The topological polar surface area (TPSA) is 96.2 Å².